The summed E-state index contributed by atoms with van der Waals surface area (Å²) in [6, 6.07) is 16.1. The number of halogens is 1. The Labute approximate surface area is 162 Å². The summed E-state index contributed by atoms with van der Waals surface area (Å²) in [6.45, 7) is 3.81. The summed E-state index contributed by atoms with van der Waals surface area (Å²) >= 11 is 5.97. The summed E-state index contributed by atoms with van der Waals surface area (Å²) in [7, 11) is 0. The molecule has 1 aromatic heterocycles. The average molecular weight is 383 g/mol. The number of hydrogen-bond donors (Lipinski definition) is 1. The van der Waals surface area contributed by atoms with Gasteiger partial charge in [-0.2, -0.15) is 0 Å². The van der Waals surface area contributed by atoms with Gasteiger partial charge in [0, 0.05) is 11.1 Å². The molecule has 27 heavy (non-hydrogen) atoms. The Morgan fingerprint density at radius 2 is 1.81 bits per heavy atom. The molecule has 0 aliphatic heterocycles. The molecule has 0 atom stereocenters. The fourth-order valence-electron chi connectivity index (χ4n) is 2.67. The van der Waals surface area contributed by atoms with Gasteiger partial charge in [0.2, 0.25) is 0 Å². The van der Waals surface area contributed by atoms with E-state index in [1.807, 2.05) is 24.3 Å². The number of rotatable bonds is 5. The van der Waals surface area contributed by atoms with Crippen molar-refractivity contribution < 1.29 is 14.3 Å². The van der Waals surface area contributed by atoms with Crippen LogP contribution in [0.2, 0.25) is 5.15 Å². The number of carbonyl (C=O) groups excluding carboxylic acids is 2. The molecule has 1 N–H and O–H groups in total. The van der Waals surface area contributed by atoms with E-state index in [4.69, 9.17) is 16.3 Å². The molecule has 1 amide bonds. The van der Waals surface area contributed by atoms with Gasteiger partial charge in [-0.15, -0.1) is 0 Å². The second-order valence-corrected chi connectivity index (χ2v) is 6.80. The molecule has 138 valence electrons. The molecule has 3 aromatic rings. The summed E-state index contributed by atoms with van der Waals surface area (Å²) in [4.78, 5) is 28.6. The van der Waals surface area contributed by atoms with Crippen molar-refractivity contribution in [1.82, 2.24) is 4.98 Å². The van der Waals surface area contributed by atoms with Crippen molar-refractivity contribution in [3.05, 3.63) is 70.9 Å². The Balaban J connectivity index is 1.64. The van der Waals surface area contributed by atoms with Gasteiger partial charge >= 0.3 is 5.97 Å². The minimum absolute atomic E-state index is 0.190. The fourth-order valence-corrected chi connectivity index (χ4v) is 2.87. The number of carbonyl (C=O) groups is 2. The van der Waals surface area contributed by atoms with Gasteiger partial charge in [-0.3, -0.25) is 4.79 Å². The number of nitrogens with one attached hydrogen (secondary N) is 1. The highest BCUT2D eigenvalue weighted by molar-refractivity contribution is 6.30. The van der Waals surface area contributed by atoms with Crippen molar-refractivity contribution >= 4 is 40.1 Å². The van der Waals surface area contributed by atoms with Crippen LogP contribution in [0.3, 0.4) is 0 Å². The van der Waals surface area contributed by atoms with Crippen LogP contribution in [-0.4, -0.2) is 23.5 Å². The first-order valence-corrected chi connectivity index (χ1v) is 8.94. The highest BCUT2D eigenvalue weighted by Gasteiger charge is 2.15. The maximum atomic E-state index is 12.4. The zero-order valence-electron chi connectivity index (χ0n) is 15.0. The lowest BCUT2D eigenvalue weighted by molar-refractivity contribution is -0.119. The van der Waals surface area contributed by atoms with Crippen LogP contribution in [0.5, 0.6) is 0 Å². The van der Waals surface area contributed by atoms with E-state index in [-0.39, 0.29) is 17.3 Å². The third-order valence-corrected chi connectivity index (χ3v) is 4.29. The van der Waals surface area contributed by atoms with Crippen LogP contribution < -0.4 is 5.32 Å². The van der Waals surface area contributed by atoms with E-state index in [0.717, 1.165) is 0 Å². The summed E-state index contributed by atoms with van der Waals surface area (Å²) < 4.78 is 5.15. The van der Waals surface area contributed by atoms with Crippen LogP contribution in [0.4, 0.5) is 5.69 Å². The van der Waals surface area contributed by atoms with Crippen LogP contribution in [0.25, 0.3) is 10.9 Å². The molecule has 0 aliphatic rings. The number of ether oxygens (including phenoxy) is 1. The molecule has 1 heterocycles. The van der Waals surface area contributed by atoms with E-state index < -0.39 is 11.9 Å². The predicted octanol–water partition coefficient (Wildman–Crippen LogP) is 4.81. The Kier molecular flexibility index (Phi) is 5.72. The quantitative estimate of drug-likeness (QED) is 0.508. The normalized spacial score (nSPS) is 10.8. The summed E-state index contributed by atoms with van der Waals surface area (Å²) in [5, 5.41) is 3.52. The lowest BCUT2D eigenvalue weighted by atomic mass is 10.0. The Morgan fingerprint density at radius 1 is 1.11 bits per heavy atom. The number of pyridine rings is 1. The van der Waals surface area contributed by atoms with Gasteiger partial charge in [-0.1, -0.05) is 55.8 Å². The highest BCUT2D eigenvalue weighted by atomic mass is 35.5. The van der Waals surface area contributed by atoms with Crippen LogP contribution >= 0.6 is 11.6 Å². The standard InChI is InChI=1S/C21H19ClN2O3/c1-13(2)14-7-9-15(10-8-14)23-20(25)12-27-21(26)17-11-19(22)24-18-6-4-3-5-16(17)18/h3-11,13H,12H2,1-2H3,(H,23,25). The molecule has 0 unspecified atom stereocenters. The van der Waals surface area contributed by atoms with Crippen molar-refractivity contribution in [3.63, 3.8) is 0 Å². The Morgan fingerprint density at radius 3 is 2.52 bits per heavy atom. The van der Waals surface area contributed by atoms with Crippen molar-refractivity contribution in [1.29, 1.82) is 0 Å². The highest BCUT2D eigenvalue weighted by Crippen LogP contribution is 2.21. The second-order valence-electron chi connectivity index (χ2n) is 6.41. The molecule has 0 spiro atoms. The van der Waals surface area contributed by atoms with Gasteiger partial charge in [0.05, 0.1) is 11.1 Å². The smallest absolute Gasteiger partial charge is 0.339 e. The number of hydrogen-bond acceptors (Lipinski definition) is 4. The van der Waals surface area contributed by atoms with Crippen molar-refractivity contribution in [3.8, 4) is 0 Å². The van der Waals surface area contributed by atoms with E-state index in [9.17, 15) is 9.59 Å². The molecule has 6 heteroatoms. The third-order valence-electron chi connectivity index (χ3n) is 4.10. The fraction of sp³-hybridized carbons (Fsp3) is 0.190. The summed E-state index contributed by atoms with van der Waals surface area (Å²) in [5.41, 5.74) is 2.70. The van der Waals surface area contributed by atoms with Crippen molar-refractivity contribution in [2.75, 3.05) is 11.9 Å². The van der Waals surface area contributed by atoms with Crippen molar-refractivity contribution in [2.24, 2.45) is 0 Å². The zero-order chi connectivity index (χ0) is 19.4. The Bertz CT molecular complexity index is 984. The number of nitrogens with zero attached hydrogens (tertiary/aromatic N) is 1. The predicted molar refractivity (Wildman–Crippen MR) is 106 cm³/mol. The van der Waals surface area contributed by atoms with Gasteiger partial charge in [0.15, 0.2) is 6.61 Å². The molecule has 2 aromatic carbocycles. The maximum Gasteiger partial charge on any atom is 0.339 e. The van der Waals surface area contributed by atoms with E-state index in [1.165, 1.54) is 11.6 Å². The number of aromatic nitrogens is 1. The monoisotopic (exact) mass is 382 g/mol. The number of benzene rings is 2. The number of fused-ring (bicyclic) bond motifs is 1. The van der Waals surface area contributed by atoms with Crippen molar-refractivity contribution in [2.45, 2.75) is 19.8 Å². The molecule has 0 saturated carbocycles. The SMILES string of the molecule is CC(C)c1ccc(NC(=O)COC(=O)c2cc(Cl)nc3ccccc23)cc1. The maximum absolute atomic E-state index is 12.4. The van der Waals surface area contributed by atoms with E-state index >= 15 is 0 Å². The van der Waals surface area contributed by atoms with Gasteiger partial charge in [-0.25, -0.2) is 9.78 Å². The lowest BCUT2D eigenvalue weighted by Gasteiger charge is -2.10. The summed E-state index contributed by atoms with van der Waals surface area (Å²) in [5.74, 6) is -0.622. The molecule has 0 saturated heterocycles. The zero-order valence-corrected chi connectivity index (χ0v) is 15.8. The molecule has 0 aliphatic carbocycles. The minimum Gasteiger partial charge on any atom is -0.452 e. The third kappa shape index (κ3) is 4.63. The van der Waals surface area contributed by atoms with E-state index in [2.05, 4.69) is 24.1 Å². The van der Waals surface area contributed by atoms with Crippen LogP contribution in [0, 0.1) is 0 Å². The first kappa shape index (κ1) is 18.9. The molecular formula is C21H19ClN2O3. The number of amides is 1. The second kappa shape index (κ2) is 8.18. The molecule has 0 bridgehead atoms. The first-order chi connectivity index (χ1) is 12.9. The molecule has 0 radical (unpaired) electrons. The summed E-state index contributed by atoms with van der Waals surface area (Å²) in [6.07, 6.45) is 0. The van der Waals surface area contributed by atoms with Crippen LogP contribution in [-0.2, 0) is 9.53 Å². The van der Waals surface area contributed by atoms with Crippen LogP contribution in [0.15, 0.2) is 54.6 Å². The van der Waals surface area contributed by atoms with Gasteiger partial charge < -0.3 is 10.1 Å². The van der Waals surface area contributed by atoms with E-state index in [1.54, 1.807) is 24.3 Å². The number of para-hydroxylation sites is 1. The minimum atomic E-state index is -0.624. The molecular weight excluding hydrogens is 364 g/mol. The molecule has 5 nitrogen and oxygen atoms in total. The first-order valence-electron chi connectivity index (χ1n) is 8.56. The van der Waals surface area contributed by atoms with Gasteiger partial charge in [0.25, 0.3) is 5.91 Å². The number of anilines is 1. The average Bonchev–Trinajstić information content (AvgIpc) is 2.65. The molecule has 0 fully saturated rings. The van der Waals surface area contributed by atoms with Gasteiger partial charge in [0.1, 0.15) is 5.15 Å². The lowest BCUT2D eigenvalue weighted by Crippen LogP contribution is -2.21. The van der Waals surface area contributed by atoms with Gasteiger partial charge in [-0.05, 0) is 35.7 Å². The van der Waals surface area contributed by atoms with Crippen LogP contribution in [0.1, 0.15) is 35.7 Å². The van der Waals surface area contributed by atoms with E-state index in [0.29, 0.717) is 22.5 Å². The molecule has 3 rings (SSSR count). The largest absolute Gasteiger partial charge is 0.452 e. The Hall–Kier alpha value is -2.92. The number of esters is 1. The topological polar surface area (TPSA) is 68.3 Å².